The Morgan fingerprint density at radius 1 is 1.10 bits per heavy atom. The Kier molecular flexibility index (Phi) is 6.57. The monoisotopic (exact) mass is 425 g/mol. The summed E-state index contributed by atoms with van der Waals surface area (Å²) in [6.45, 7) is 4.98. The Labute approximate surface area is 180 Å². The first-order chi connectivity index (χ1) is 14.7. The maximum atomic E-state index is 14.9. The number of morpholine rings is 1. The molecule has 6 heteroatoms. The van der Waals surface area contributed by atoms with Gasteiger partial charge in [0.05, 0.1) is 13.2 Å². The number of halogens is 1. The number of aryl methyl sites for hydroxylation is 1. The first-order valence-corrected chi connectivity index (χ1v) is 11.1. The quantitative estimate of drug-likeness (QED) is 0.632. The van der Waals surface area contributed by atoms with Gasteiger partial charge in [0.25, 0.3) is 5.91 Å². The second-order valence-corrected chi connectivity index (χ2v) is 8.53. The van der Waals surface area contributed by atoms with Gasteiger partial charge >= 0.3 is 0 Å². The van der Waals surface area contributed by atoms with Crippen molar-refractivity contribution in [1.29, 1.82) is 0 Å². The van der Waals surface area contributed by atoms with Gasteiger partial charge in [-0.15, -0.1) is 11.3 Å². The molecule has 1 aliphatic rings. The van der Waals surface area contributed by atoms with Gasteiger partial charge in [-0.1, -0.05) is 37.3 Å². The molecule has 1 aliphatic heterocycles. The molecule has 3 aromatic rings. The van der Waals surface area contributed by atoms with Crippen molar-refractivity contribution in [3.63, 3.8) is 0 Å². The van der Waals surface area contributed by atoms with Crippen LogP contribution in [0.25, 0.3) is 0 Å². The van der Waals surface area contributed by atoms with Crippen LogP contribution in [-0.4, -0.2) is 32.2 Å². The Bertz CT molecular complexity index is 999. The second-order valence-electron chi connectivity index (χ2n) is 7.40. The van der Waals surface area contributed by atoms with E-state index in [4.69, 9.17) is 4.74 Å². The van der Waals surface area contributed by atoms with Crippen molar-refractivity contribution in [2.75, 3.05) is 31.6 Å². The summed E-state index contributed by atoms with van der Waals surface area (Å²) in [6.07, 6.45) is 0.862. The van der Waals surface area contributed by atoms with E-state index in [0.29, 0.717) is 24.3 Å². The van der Waals surface area contributed by atoms with E-state index in [1.165, 1.54) is 15.8 Å². The molecule has 1 atom stereocenters. The first-order valence-electron chi connectivity index (χ1n) is 10.3. The minimum Gasteiger partial charge on any atom is -0.370 e. The highest BCUT2D eigenvalue weighted by molar-refractivity contribution is 7.16. The fourth-order valence-corrected chi connectivity index (χ4v) is 4.98. The van der Waals surface area contributed by atoms with Crippen LogP contribution >= 0.6 is 11.3 Å². The smallest absolute Gasteiger partial charge is 0.256 e. The normalized spacial score (nSPS) is 15.7. The molecule has 0 radical (unpaired) electrons. The number of hydrogen-bond donors (Lipinski definition) is 2. The van der Waals surface area contributed by atoms with Crippen LogP contribution < -0.4 is 10.2 Å². The Hall–Kier alpha value is -2.54. The van der Waals surface area contributed by atoms with Crippen molar-refractivity contribution in [1.82, 2.24) is 0 Å². The van der Waals surface area contributed by atoms with Crippen LogP contribution in [0, 0.1) is 5.82 Å². The van der Waals surface area contributed by atoms with Gasteiger partial charge in [-0.25, -0.2) is 4.39 Å². The number of rotatable bonds is 6. The van der Waals surface area contributed by atoms with Crippen LogP contribution in [0.15, 0.2) is 60.7 Å². The second kappa shape index (κ2) is 9.51. The Morgan fingerprint density at radius 2 is 1.80 bits per heavy atom. The fourth-order valence-electron chi connectivity index (χ4n) is 3.95. The SMILES string of the molecule is CCc1cc([C@@H](c2ccccc2F)[NH+]2CCOCC2)c(NC(=O)c2ccccc2)s1. The van der Waals surface area contributed by atoms with Gasteiger partial charge in [-0.2, -0.15) is 0 Å². The minimum atomic E-state index is -0.217. The van der Waals surface area contributed by atoms with E-state index in [1.54, 1.807) is 29.5 Å². The number of ether oxygens (including phenoxy) is 1. The molecule has 4 nitrogen and oxygen atoms in total. The van der Waals surface area contributed by atoms with Crippen LogP contribution in [-0.2, 0) is 11.2 Å². The molecular formula is C24H26FN2O2S+. The fraction of sp³-hybridized carbons (Fsp3) is 0.292. The summed E-state index contributed by atoms with van der Waals surface area (Å²) in [5.74, 6) is -0.364. The van der Waals surface area contributed by atoms with Crippen molar-refractivity contribution in [2.24, 2.45) is 0 Å². The van der Waals surface area contributed by atoms with Crippen LogP contribution in [0.2, 0.25) is 0 Å². The zero-order valence-electron chi connectivity index (χ0n) is 17.0. The lowest BCUT2D eigenvalue weighted by Crippen LogP contribution is -3.14. The van der Waals surface area contributed by atoms with E-state index in [0.717, 1.165) is 30.1 Å². The van der Waals surface area contributed by atoms with Gasteiger partial charge < -0.3 is 15.0 Å². The molecule has 4 rings (SSSR count). The predicted molar refractivity (Wildman–Crippen MR) is 118 cm³/mol. The Balaban J connectivity index is 1.75. The molecule has 0 spiro atoms. The number of nitrogens with one attached hydrogen (secondary N) is 2. The van der Waals surface area contributed by atoms with E-state index in [2.05, 4.69) is 18.3 Å². The standard InChI is InChI=1S/C24H25FN2O2S/c1-2-18-16-20(24(30-18)26-23(28)17-8-4-3-5-9-17)22(27-12-14-29-15-13-27)19-10-6-7-11-21(19)25/h3-11,16,22H,2,12-15H2,1H3,(H,26,28)/p+1/t22-/m1/s1. The lowest BCUT2D eigenvalue weighted by Gasteiger charge is -2.32. The number of amides is 1. The van der Waals surface area contributed by atoms with Crippen LogP contribution in [0.5, 0.6) is 0 Å². The zero-order chi connectivity index (χ0) is 20.9. The number of quaternary nitrogens is 1. The summed E-state index contributed by atoms with van der Waals surface area (Å²) in [4.78, 5) is 15.3. The third kappa shape index (κ3) is 4.46. The maximum Gasteiger partial charge on any atom is 0.256 e. The highest BCUT2D eigenvalue weighted by Crippen LogP contribution is 2.36. The number of hydrogen-bond acceptors (Lipinski definition) is 3. The molecule has 0 saturated carbocycles. The predicted octanol–water partition coefficient (Wildman–Crippen LogP) is 3.71. The van der Waals surface area contributed by atoms with Crippen molar-refractivity contribution < 1.29 is 18.8 Å². The molecule has 2 heterocycles. The largest absolute Gasteiger partial charge is 0.370 e. The maximum absolute atomic E-state index is 14.9. The zero-order valence-corrected chi connectivity index (χ0v) is 17.8. The molecule has 30 heavy (non-hydrogen) atoms. The van der Waals surface area contributed by atoms with E-state index in [-0.39, 0.29) is 17.8 Å². The number of carbonyl (C=O) groups is 1. The van der Waals surface area contributed by atoms with Crippen LogP contribution in [0.4, 0.5) is 9.39 Å². The Morgan fingerprint density at radius 3 is 2.50 bits per heavy atom. The molecule has 1 fully saturated rings. The average Bonchev–Trinajstić information content (AvgIpc) is 3.19. The van der Waals surface area contributed by atoms with E-state index >= 15 is 0 Å². The number of thiophene rings is 1. The molecule has 0 aliphatic carbocycles. The molecule has 2 aromatic carbocycles. The molecular weight excluding hydrogens is 399 g/mol. The van der Waals surface area contributed by atoms with Crippen LogP contribution in [0.1, 0.15) is 39.3 Å². The summed E-state index contributed by atoms with van der Waals surface area (Å²) in [5.41, 5.74) is 2.24. The van der Waals surface area contributed by atoms with Crippen molar-refractivity contribution in [3.8, 4) is 0 Å². The van der Waals surface area contributed by atoms with Gasteiger partial charge in [0, 0.05) is 21.6 Å². The molecule has 1 saturated heterocycles. The lowest BCUT2D eigenvalue weighted by molar-refractivity contribution is -0.933. The highest BCUT2D eigenvalue weighted by atomic mass is 32.1. The molecule has 1 amide bonds. The van der Waals surface area contributed by atoms with Crippen molar-refractivity contribution >= 4 is 22.2 Å². The average molecular weight is 426 g/mol. The third-order valence-electron chi connectivity index (χ3n) is 5.49. The van der Waals surface area contributed by atoms with Crippen LogP contribution in [0.3, 0.4) is 0 Å². The van der Waals surface area contributed by atoms with Gasteiger partial charge in [0.15, 0.2) is 0 Å². The minimum absolute atomic E-state index is 0.148. The third-order valence-corrected chi connectivity index (χ3v) is 6.70. The summed E-state index contributed by atoms with van der Waals surface area (Å²) >= 11 is 1.58. The molecule has 1 aromatic heterocycles. The van der Waals surface area contributed by atoms with Gasteiger partial charge in [-0.3, -0.25) is 4.79 Å². The number of anilines is 1. The summed E-state index contributed by atoms with van der Waals surface area (Å²) < 4.78 is 20.4. The van der Waals surface area contributed by atoms with E-state index in [9.17, 15) is 9.18 Å². The van der Waals surface area contributed by atoms with Crippen molar-refractivity contribution in [3.05, 3.63) is 88.0 Å². The molecule has 156 valence electrons. The molecule has 0 unspecified atom stereocenters. The van der Waals surface area contributed by atoms with Gasteiger partial charge in [0.1, 0.15) is 29.9 Å². The summed E-state index contributed by atoms with van der Waals surface area (Å²) in [6, 6.07) is 18.1. The number of benzene rings is 2. The van der Waals surface area contributed by atoms with Gasteiger partial charge in [-0.05, 0) is 36.8 Å². The first kappa shape index (κ1) is 20.7. The van der Waals surface area contributed by atoms with E-state index < -0.39 is 0 Å². The summed E-state index contributed by atoms with van der Waals surface area (Å²) in [7, 11) is 0. The topological polar surface area (TPSA) is 42.8 Å². The summed E-state index contributed by atoms with van der Waals surface area (Å²) in [5, 5.41) is 3.90. The van der Waals surface area contributed by atoms with Gasteiger partial charge in [0.2, 0.25) is 0 Å². The highest BCUT2D eigenvalue weighted by Gasteiger charge is 2.33. The lowest BCUT2D eigenvalue weighted by atomic mass is 9.97. The number of carbonyl (C=O) groups excluding carboxylic acids is 1. The molecule has 0 bridgehead atoms. The van der Waals surface area contributed by atoms with E-state index in [1.807, 2.05) is 30.3 Å². The molecule has 2 N–H and O–H groups in total. The van der Waals surface area contributed by atoms with Crippen molar-refractivity contribution in [2.45, 2.75) is 19.4 Å².